The Kier molecular flexibility index (Phi) is 5.21. The number of hydrogen-bond acceptors (Lipinski definition) is 5. The molecule has 0 amide bonds. The summed E-state index contributed by atoms with van der Waals surface area (Å²) < 4.78 is 11.2. The Labute approximate surface area is 185 Å². The van der Waals surface area contributed by atoms with Crippen molar-refractivity contribution in [3.05, 3.63) is 101 Å². The molecule has 160 valence electrons. The van der Waals surface area contributed by atoms with E-state index in [4.69, 9.17) is 9.26 Å². The van der Waals surface area contributed by atoms with Crippen LogP contribution in [0.25, 0.3) is 22.2 Å². The first-order valence-corrected chi connectivity index (χ1v) is 10.4. The third-order valence-corrected chi connectivity index (χ3v) is 5.58. The Morgan fingerprint density at radius 2 is 1.91 bits per heavy atom. The molecule has 0 saturated carbocycles. The minimum atomic E-state index is -0.832. The summed E-state index contributed by atoms with van der Waals surface area (Å²) in [6.45, 7) is 4.27. The number of rotatable bonds is 6. The number of H-pyrrole nitrogens is 1. The van der Waals surface area contributed by atoms with Crippen LogP contribution in [-0.2, 0) is 6.61 Å². The van der Waals surface area contributed by atoms with E-state index in [0.717, 1.165) is 44.7 Å². The number of benzene rings is 2. The van der Waals surface area contributed by atoms with Gasteiger partial charge in [0.2, 0.25) is 0 Å². The number of pyridine rings is 1. The van der Waals surface area contributed by atoms with E-state index < -0.39 is 6.10 Å². The molecule has 1 atom stereocenters. The molecular formula is C26H23N3O3. The maximum Gasteiger partial charge on any atom is 0.141 e. The van der Waals surface area contributed by atoms with Crippen LogP contribution < -0.4 is 4.74 Å². The Morgan fingerprint density at radius 3 is 2.69 bits per heavy atom. The van der Waals surface area contributed by atoms with Gasteiger partial charge in [-0.05, 0) is 43.2 Å². The molecule has 3 heterocycles. The largest absolute Gasteiger partial charge is 0.489 e. The van der Waals surface area contributed by atoms with Crippen LogP contribution in [0.3, 0.4) is 0 Å². The first-order valence-electron chi connectivity index (χ1n) is 10.4. The lowest BCUT2D eigenvalue weighted by Crippen LogP contribution is -2.01. The predicted octanol–water partition coefficient (Wildman–Crippen LogP) is 5.50. The first-order chi connectivity index (χ1) is 15.6. The quantitative estimate of drug-likeness (QED) is 0.375. The minimum Gasteiger partial charge on any atom is -0.489 e. The molecule has 0 bridgehead atoms. The third-order valence-electron chi connectivity index (χ3n) is 5.58. The van der Waals surface area contributed by atoms with Crippen molar-refractivity contribution in [2.24, 2.45) is 0 Å². The number of ether oxygens (including phenoxy) is 1. The van der Waals surface area contributed by atoms with Crippen molar-refractivity contribution in [2.75, 3.05) is 0 Å². The Hall–Kier alpha value is -3.90. The molecule has 5 aromatic rings. The normalized spacial score (nSPS) is 12.2. The van der Waals surface area contributed by atoms with E-state index in [1.165, 1.54) is 0 Å². The van der Waals surface area contributed by atoms with Gasteiger partial charge < -0.3 is 19.4 Å². The Balaban J connectivity index is 1.40. The first kappa shape index (κ1) is 20.0. The third kappa shape index (κ3) is 3.76. The number of nitrogens with one attached hydrogen (secondary N) is 1. The molecule has 2 aromatic carbocycles. The van der Waals surface area contributed by atoms with E-state index in [9.17, 15) is 5.11 Å². The minimum absolute atomic E-state index is 0.472. The molecule has 0 saturated heterocycles. The predicted molar refractivity (Wildman–Crippen MR) is 122 cm³/mol. The summed E-state index contributed by atoms with van der Waals surface area (Å²) in [5, 5.41) is 15.1. The van der Waals surface area contributed by atoms with Gasteiger partial charge in [-0.2, -0.15) is 0 Å². The van der Waals surface area contributed by atoms with Crippen molar-refractivity contribution in [2.45, 2.75) is 26.6 Å². The monoisotopic (exact) mass is 425 g/mol. The molecule has 2 N–H and O–H groups in total. The summed E-state index contributed by atoms with van der Waals surface area (Å²) in [7, 11) is 0. The van der Waals surface area contributed by atoms with E-state index in [0.29, 0.717) is 17.9 Å². The second-order valence-electron chi connectivity index (χ2n) is 7.81. The zero-order valence-corrected chi connectivity index (χ0v) is 17.9. The average molecular weight is 425 g/mol. The van der Waals surface area contributed by atoms with Crippen molar-refractivity contribution in [3.8, 4) is 16.9 Å². The summed E-state index contributed by atoms with van der Waals surface area (Å²) in [5.74, 6) is 1.46. The van der Waals surface area contributed by atoms with Gasteiger partial charge in [0.05, 0.1) is 16.7 Å². The molecule has 32 heavy (non-hydrogen) atoms. The Bertz CT molecular complexity index is 1350. The summed E-state index contributed by atoms with van der Waals surface area (Å²) in [5.41, 5.74) is 6.80. The SMILES string of the molecule is Cc1noc(C)c1-c1cnc2c(C(O)c3cccc(OCc4ccccc4)c3)c[nH]c2c1. The highest BCUT2D eigenvalue weighted by Gasteiger charge is 2.19. The molecular weight excluding hydrogens is 402 g/mol. The number of aliphatic hydroxyl groups is 1. The van der Waals surface area contributed by atoms with Crippen molar-refractivity contribution in [1.29, 1.82) is 0 Å². The number of fused-ring (bicyclic) bond motifs is 1. The fourth-order valence-electron chi connectivity index (χ4n) is 3.96. The molecule has 0 aliphatic heterocycles. The molecule has 3 aromatic heterocycles. The summed E-state index contributed by atoms with van der Waals surface area (Å²) in [4.78, 5) is 7.87. The highest BCUT2D eigenvalue weighted by molar-refractivity contribution is 5.84. The second kappa shape index (κ2) is 8.32. The lowest BCUT2D eigenvalue weighted by Gasteiger charge is -2.13. The van der Waals surface area contributed by atoms with Crippen LogP contribution in [0.4, 0.5) is 0 Å². The number of hydrogen-bond donors (Lipinski definition) is 2. The molecule has 0 aliphatic rings. The molecule has 1 unspecified atom stereocenters. The highest BCUT2D eigenvalue weighted by atomic mass is 16.5. The molecule has 6 heteroatoms. The van der Waals surface area contributed by atoms with Gasteiger partial charge in [-0.25, -0.2) is 0 Å². The zero-order chi connectivity index (χ0) is 22.1. The van der Waals surface area contributed by atoms with E-state index in [1.807, 2.05) is 74.5 Å². The van der Waals surface area contributed by atoms with Crippen LogP contribution >= 0.6 is 0 Å². The molecule has 0 fully saturated rings. The van der Waals surface area contributed by atoms with Gasteiger partial charge in [0.1, 0.15) is 24.2 Å². The summed E-state index contributed by atoms with van der Waals surface area (Å²) in [6, 6.07) is 19.5. The van der Waals surface area contributed by atoms with Gasteiger partial charge in [0.25, 0.3) is 0 Å². The summed E-state index contributed by atoms with van der Waals surface area (Å²) in [6.07, 6.45) is 2.76. The molecule has 0 aliphatic carbocycles. The van der Waals surface area contributed by atoms with Crippen LogP contribution in [-0.4, -0.2) is 20.2 Å². The van der Waals surface area contributed by atoms with Gasteiger partial charge in [-0.15, -0.1) is 0 Å². The maximum atomic E-state index is 11.1. The van der Waals surface area contributed by atoms with Crippen LogP contribution in [0.5, 0.6) is 5.75 Å². The smallest absolute Gasteiger partial charge is 0.141 e. The molecule has 5 rings (SSSR count). The second-order valence-corrected chi connectivity index (χ2v) is 7.81. The van der Waals surface area contributed by atoms with Gasteiger partial charge in [-0.1, -0.05) is 47.6 Å². The van der Waals surface area contributed by atoms with Crippen LogP contribution in [0.15, 0.2) is 77.6 Å². The van der Waals surface area contributed by atoms with Crippen LogP contribution in [0, 0.1) is 13.8 Å². The van der Waals surface area contributed by atoms with Crippen molar-refractivity contribution >= 4 is 11.0 Å². The number of nitrogens with zero attached hydrogens (tertiary/aromatic N) is 2. The van der Waals surface area contributed by atoms with E-state index in [-0.39, 0.29) is 0 Å². The maximum absolute atomic E-state index is 11.1. The highest BCUT2D eigenvalue weighted by Crippen LogP contribution is 2.33. The number of aryl methyl sites for hydroxylation is 2. The summed E-state index contributed by atoms with van der Waals surface area (Å²) >= 11 is 0. The number of aliphatic hydroxyl groups excluding tert-OH is 1. The lowest BCUT2D eigenvalue weighted by molar-refractivity contribution is 0.220. The molecule has 0 radical (unpaired) electrons. The van der Waals surface area contributed by atoms with Crippen LogP contribution in [0.1, 0.15) is 34.2 Å². The molecule has 0 spiro atoms. The van der Waals surface area contributed by atoms with E-state index in [1.54, 1.807) is 12.4 Å². The van der Waals surface area contributed by atoms with Crippen LogP contribution in [0.2, 0.25) is 0 Å². The van der Waals surface area contributed by atoms with Gasteiger partial charge in [0.15, 0.2) is 0 Å². The van der Waals surface area contributed by atoms with E-state index in [2.05, 4.69) is 15.1 Å². The molecule has 6 nitrogen and oxygen atoms in total. The number of aromatic nitrogens is 3. The number of aromatic amines is 1. The standard InChI is InChI=1S/C26H23N3O3/c1-16-24(17(2)32-29-16)20-12-23-25(28-13-20)22(14-27-23)26(30)19-9-6-10-21(11-19)31-15-18-7-4-3-5-8-18/h3-14,26-27,30H,15H2,1-2H3. The van der Waals surface area contributed by atoms with Crippen molar-refractivity contribution in [1.82, 2.24) is 15.1 Å². The fourth-order valence-corrected chi connectivity index (χ4v) is 3.96. The average Bonchev–Trinajstić information content (AvgIpc) is 3.40. The Morgan fingerprint density at radius 1 is 1.06 bits per heavy atom. The fraction of sp³-hybridized carbons (Fsp3) is 0.154. The van der Waals surface area contributed by atoms with E-state index >= 15 is 0 Å². The van der Waals surface area contributed by atoms with Gasteiger partial charge >= 0.3 is 0 Å². The van der Waals surface area contributed by atoms with Crippen molar-refractivity contribution < 1.29 is 14.4 Å². The zero-order valence-electron chi connectivity index (χ0n) is 17.9. The topological polar surface area (TPSA) is 84.2 Å². The van der Waals surface area contributed by atoms with Gasteiger partial charge in [0, 0.05) is 29.1 Å². The van der Waals surface area contributed by atoms with Gasteiger partial charge in [-0.3, -0.25) is 4.98 Å². The lowest BCUT2D eigenvalue weighted by atomic mass is 10.0. The van der Waals surface area contributed by atoms with Crippen molar-refractivity contribution in [3.63, 3.8) is 0 Å².